The Morgan fingerprint density at radius 3 is 2.40 bits per heavy atom. The fraction of sp³-hybridized carbons (Fsp3) is 0.167. The van der Waals surface area contributed by atoms with E-state index in [4.69, 9.17) is 27.9 Å². The molecule has 0 aliphatic carbocycles. The first-order valence-corrected chi connectivity index (χ1v) is 8.66. The smallest absolute Gasteiger partial charge is 0.250 e. The van der Waals surface area contributed by atoms with E-state index in [0.29, 0.717) is 15.1 Å². The lowest BCUT2D eigenvalue weighted by molar-refractivity contribution is 0.323. The maximum atomic E-state index is 11.9. The molecular formula is C12H11Cl2NO3S2. The molecule has 0 aliphatic rings. The van der Waals surface area contributed by atoms with Crippen LogP contribution in [0.25, 0.3) is 0 Å². The molecule has 2 rings (SSSR count). The highest BCUT2D eigenvalue weighted by molar-refractivity contribution is 7.91. The van der Waals surface area contributed by atoms with Crippen molar-refractivity contribution in [2.45, 2.75) is 4.21 Å². The molecule has 2 aromatic rings. The number of halogens is 2. The molecule has 1 aromatic heterocycles. The number of hydrogen-bond donors (Lipinski definition) is 1. The van der Waals surface area contributed by atoms with Crippen LogP contribution in [-0.2, 0) is 10.0 Å². The molecule has 8 heteroatoms. The van der Waals surface area contributed by atoms with E-state index in [9.17, 15) is 8.42 Å². The van der Waals surface area contributed by atoms with Crippen LogP contribution in [0.3, 0.4) is 0 Å². The number of benzene rings is 1. The molecule has 0 atom stereocenters. The molecule has 0 saturated carbocycles. The summed E-state index contributed by atoms with van der Waals surface area (Å²) in [5.41, 5.74) is 0. The molecular weight excluding hydrogens is 341 g/mol. The average Bonchev–Trinajstić information content (AvgIpc) is 2.84. The van der Waals surface area contributed by atoms with Gasteiger partial charge in [-0.15, -0.1) is 11.3 Å². The Morgan fingerprint density at radius 2 is 1.80 bits per heavy atom. The third-order valence-corrected chi connectivity index (χ3v) is 5.73. The van der Waals surface area contributed by atoms with E-state index in [-0.39, 0.29) is 17.4 Å². The number of nitrogens with one attached hydrogen (secondary N) is 1. The number of thiophene rings is 1. The molecule has 0 radical (unpaired) electrons. The van der Waals surface area contributed by atoms with Crippen molar-refractivity contribution in [3.8, 4) is 5.75 Å². The van der Waals surface area contributed by atoms with Crippen molar-refractivity contribution in [1.82, 2.24) is 4.72 Å². The van der Waals surface area contributed by atoms with E-state index < -0.39 is 10.0 Å². The summed E-state index contributed by atoms with van der Waals surface area (Å²) in [7, 11) is -3.52. The van der Waals surface area contributed by atoms with Crippen LogP contribution in [0.4, 0.5) is 0 Å². The quantitative estimate of drug-likeness (QED) is 0.811. The second-order valence-corrected chi connectivity index (χ2v) is 7.90. The first-order chi connectivity index (χ1) is 9.47. The molecule has 0 bridgehead atoms. The van der Waals surface area contributed by atoms with Gasteiger partial charge in [-0.1, -0.05) is 23.2 Å². The lowest BCUT2D eigenvalue weighted by atomic mass is 10.3. The molecule has 1 heterocycles. The number of rotatable bonds is 6. The number of ether oxygens (including phenoxy) is 1. The molecule has 108 valence electrons. The zero-order valence-corrected chi connectivity index (χ0v) is 13.3. The molecule has 1 N–H and O–H groups in total. The molecule has 0 amide bonds. The third kappa shape index (κ3) is 4.36. The fourth-order valence-corrected chi connectivity index (χ4v) is 4.06. The van der Waals surface area contributed by atoms with Crippen molar-refractivity contribution in [3.63, 3.8) is 0 Å². The second kappa shape index (κ2) is 6.78. The van der Waals surface area contributed by atoms with Gasteiger partial charge in [0.1, 0.15) is 16.6 Å². The van der Waals surface area contributed by atoms with Gasteiger partial charge in [0.25, 0.3) is 0 Å². The Balaban J connectivity index is 1.82. The van der Waals surface area contributed by atoms with Crippen LogP contribution in [0.15, 0.2) is 40.6 Å². The largest absolute Gasteiger partial charge is 0.492 e. The topological polar surface area (TPSA) is 55.4 Å². The van der Waals surface area contributed by atoms with Crippen LogP contribution in [0, 0.1) is 0 Å². The predicted molar refractivity (Wildman–Crippen MR) is 81.5 cm³/mol. The second-order valence-electron chi connectivity index (χ2n) is 3.76. The van der Waals surface area contributed by atoms with Crippen molar-refractivity contribution < 1.29 is 13.2 Å². The van der Waals surface area contributed by atoms with E-state index in [2.05, 4.69) is 4.72 Å². The summed E-state index contributed by atoms with van der Waals surface area (Å²) in [4.78, 5) is 0. The summed E-state index contributed by atoms with van der Waals surface area (Å²) in [6, 6.07) is 9.86. The molecule has 0 aliphatic heterocycles. The predicted octanol–water partition coefficient (Wildman–Crippen LogP) is 3.41. The van der Waals surface area contributed by atoms with Gasteiger partial charge in [0, 0.05) is 11.6 Å². The maximum Gasteiger partial charge on any atom is 0.250 e. The highest BCUT2D eigenvalue weighted by Crippen LogP contribution is 2.25. The molecule has 0 fully saturated rings. The minimum atomic E-state index is -3.52. The lowest BCUT2D eigenvalue weighted by Gasteiger charge is -2.07. The van der Waals surface area contributed by atoms with Crippen LogP contribution in [-0.4, -0.2) is 21.6 Å². The minimum absolute atomic E-state index is 0.167. The van der Waals surface area contributed by atoms with Crippen molar-refractivity contribution in [3.05, 3.63) is 45.8 Å². The van der Waals surface area contributed by atoms with Gasteiger partial charge in [0.2, 0.25) is 10.0 Å². The van der Waals surface area contributed by atoms with E-state index in [1.54, 1.807) is 30.3 Å². The minimum Gasteiger partial charge on any atom is -0.492 e. The van der Waals surface area contributed by atoms with Crippen LogP contribution >= 0.6 is 34.5 Å². The van der Waals surface area contributed by atoms with Crippen molar-refractivity contribution in [2.75, 3.05) is 13.2 Å². The van der Waals surface area contributed by atoms with Crippen LogP contribution in [0.1, 0.15) is 0 Å². The maximum absolute atomic E-state index is 11.9. The Morgan fingerprint density at radius 1 is 1.10 bits per heavy atom. The summed E-state index contributed by atoms with van der Waals surface area (Å²) in [6.07, 6.45) is 0. The van der Waals surface area contributed by atoms with Crippen molar-refractivity contribution in [1.29, 1.82) is 0 Å². The van der Waals surface area contributed by atoms with E-state index in [1.807, 2.05) is 0 Å². The molecule has 20 heavy (non-hydrogen) atoms. The van der Waals surface area contributed by atoms with Gasteiger partial charge >= 0.3 is 0 Å². The van der Waals surface area contributed by atoms with Crippen molar-refractivity contribution >= 4 is 44.6 Å². The van der Waals surface area contributed by atoms with Gasteiger partial charge in [-0.05, 0) is 36.4 Å². The van der Waals surface area contributed by atoms with Gasteiger partial charge in [-0.25, -0.2) is 13.1 Å². The monoisotopic (exact) mass is 351 g/mol. The first kappa shape index (κ1) is 15.6. The van der Waals surface area contributed by atoms with Crippen LogP contribution in [0.5, 0.6) is 5.75 Å². The van der Waals surface area contributed by atoms with Crippen molar-refractivity contribution in [2.24, 2.45) is 0 Å². The highest BCUT2D eigenvalue weighted by atomic mass is 35.5. The molecule has 0 saturated heterocycles. The Kier molecular flexibility index (Phi) is 5.29. The number of hydrogen-bond acceptors (Lipinski definition) is 4. The lowest BCUT2D eigenvalue weighted by Crippen LogP contribution is -2.27. The van der Waals surface area contributed by atoms with E-state index >= 15 is 0 Å². The molecule has 0 spiro atoms. The molecule has 4 nitrogen and oxygen atoms in total. The standard InChI is InChI=1S/C12H11Cl2NO3S2/c13-9-1-3-10(4-2-9)18-8-7-15-20(16,17)12-6-5-11(14)19-12/h1-6,15H,7-8H2. The number of sulfonamides is 1. The Labute approximate surface area is 131 Å². The normalized spacial score (nSPS) is 11.5. The van der Waals surface area contributed by atoms with Gasteiger partial charge < -0.3 is 4.74 Å². The summed E-state index contributed by atoms with van der Waals surface area (Å²) < 4.78 is 32.2. The fourth-order valence-electron chi connectivity index (χ4n) is 1.39. The summed E-state index contributed by atoms with van der Waals surface area (Å²) >= 11 is 12.5. The highest BCUT2D eigenvalue weighted by Gasteiger charge is 2.15. The van der Waals surface area contributed by atoms with Gasteiger partial charge in [-0.2, -0.15) is 0 Å². The summed E-state index contributed by atoms with van der Waals surface area (Å²) in [5.74, 6) is 0.632. The summed E-state index contributed by atoms with van der Waals surface area (Å²) in [5, 5.41) is 0.618. The average molecular weight is 352 g/mol. The van der Waals surface area contributed by atoms with Gasteiger partial charge in [0.15, 0.2) is 0 Å². The summed E-state index contributed by atoms with van der Waals surface area (Å²) in [6.45, 7) is 0.389. The Hall–Kier alpha value is -0.790. The Bertz CT molecular complexity index is 668. The molecule has 0 unspecified atom stereocenters. The van der Waals surface area contributed by atoms with Crippen LogP contribution < -0.4 is 9.46 Å². The van der Waals surface area contributed by atoms with Crippen LogP contribution in [0.2, 0.25) is 9.36 Å². The zero-order valence-electron chi connectivity index (χ0n) is 10.2. The molecule has 1 aromatic carbocycles. The SMILES string of the molecule is O=S(=O)(NCCOc1ccc(Cl)cc1)c1ccc(Cl)s1. The zero-order chi connectivity index (χ0) is 14.6. The van der Waals surface area contributed by atoms with E-state index in [1.165, 1.54) is 6.07 Å². The van der Waals surface area contributed by atoms with Gasteiger partial charge in [0.05, 0.1) is 4.34 Å². The van der Waals surface area contributed by atoms with E-state index in [0.717, 1.165) is 11.3 Å². The third-order valence-electron chi connectivity index (χ3n) is 2.29. The van der Waals surface area contributed by atoms with Gasteiger partial charge in [-0.3, -0.25) is 0 Å². The first-order valence-electron chi connectivity index (χ1n) is 5.61.